The van der Waals surface area contributed by atoms with E-state index in [9.17, 15) is 4.79 Å². The quantitative estimate of drug-likeness (QED) is 0.551. The standard InChI is InChI=1S/C14H9N5O2/c20-14-10-3-1-2-4-11(10)15-18-19(14)8-9-5-6-12-13(7-9)17-21-16-12/h1-7H,8H2. The zero-order chi connectivity index (χ0) is 14.2. The summed E-state index contributed by atoms with van der Waals surface area (Å²) in [7, 11) is 0. The van der Waals surface area contributed by atoms with E-state index < -0.39 is 0 Å². The van der Waals surface area contributed by atoms with Crippen LogP contribution < -0.4 is 5.56 Å². The molecule has 0 N–H and O–H groups in total. The summed E-state index contributed by atoms with van der Waals surface area (Å²) in [5.74, 6) is 0. The Bertz CT molecular complexity index is 1000. The van der Waals surface area contributed by atoms with Crippen LogP contribution in [0.1, 0.15) is 5.56 Å². The summed E-state index contributed by atoms with van der Waals surface area (Å²) in [6.45, 7) is 0.319. The molecule has 2 aromatic carbocycles. The van der Waals surface area contributed by atoms with Crippen molar-refractivity contribution in [2.75, 3.05) is 0 Å². The minimum atomic E-state index is -0.168. The molecular formula is C14H9N5O2. The zero-order valence-electron chi connectivity index (χ0n) is 10.8. The molecular weight excluding hydrogens is 270 g/mol. The van der Waals surface area contributed by atoms with Crippen molar-refractivity contribution >= 4 is 21.9 Å². The number of nitrogens with zero attached hydrogens (tertiary/aromatic N) is 5. The van der Waals surface area contributed by atoms with E-state index in [1.807, 2.05) is 24.3 Å². The Kier molecular flexibility index (Phi) is 2.50. The molecule has 0 atom stereocenters. The fourth-order valence-electron chi connectivity index (χ4n) is 2.23. The molecule has 0 aliphatic carbocycles. The number of hydrogen-bond donors (Lipinski definition) is 0. The van der Waals surface area contributed by atoms with Gasteiger partial charge in [-0.15, -0.1) is 5.10 Å². The summed E-state index contributed by atoms with van der Waals surface area (Å²) < 4.78 is 5.99. The molecule has 4 rings (SSSR count). The Hall–Kier alpha value is -3.09. The number of aromatic nitrogens is 5. The smallest absolute Gasteiger partial charge is 0.267 e. The highest BCUT2D eigenvalue weighted by atomic mass is 16.6. The van der Waals surface area contributed by atoms with E-state index in [1.165, 1.54) is 4.68 Å². The van der Waals surface area contributed by atoms with Gasteiger partial charge >= 0.3 is 0 Å². The molecule has 0 fully saturated rings. The molecule has 0 bridgehead atoms. The highest BCUT2D eigenvalue weighted by Crippen LogP contribution is 2.12. The normalized spacial score (nSPS) is 11.2. The van der Waals surface area contributed by atoms with Gasteiger partial charge in [-0.25, -0.2) is 9.31 Å². The van der Waals surface area contributed by atoms with Gasteiger partial charge in [-0.2, -0.15) is 0 Å². The lowest BCUT2D eigenvalue weighted by atomic mass is 10.2. The maximum Gasteiger partial charge on any atom is 0.277 e. The van der Waals surface area contributed by atoms with E-state index >= 15 is 0 Å². The van der Waals surface area contributed by atoms with Gasteiger partial charge in [0.2, 0.25) is 0 Å². The van der Waals surface area contributed by atoms with Crippen molar-refractivity contribution in [3.05, 3.63) is 58.4 Å². The van der Waals surface area contributed by atoms with Crippen LogP contribution in [0.2, 0.25) is 0 Å². The van der Waals surface area contributed by atoms with Crippen molar-refractivity contribution in [2.45, 2.75) is 6.54 Å². The van der Waals surface area contributed by atoms with E-state index in [0.29, 0.717) is 28.5 Å². The van der Waals surface area contributed by atoms with Gasteiger partial charge in [0.15, 0.2) is 0 Å². The summed E-state index contributed by atoms with van der Waals surface area (Å²) in [4.78, 5) is 12.4. The molecule has 0 saturated carbocycles. The first-order chi connectivity index (χ1) is 10.3. The second-order valence-electron chi connectivity index (χ2n) is 4.66. The highest BCUT2D eigenvalue weighted by Gasteiger charge is 2.07. The van der Waals surface area contributed by atoms with Crippen LogP contribution in [-0.4, -0.2) is 25.3 Å². The van der Waals surface area contributed by atoms with Gasteiger partial charge in [0.1, 0.15) is 16.6 Å². The molecule has 2 aromatic heterocycles. The molecule has 2 heterocycles. The van der Waals surface area contributed by atoms with Gasteiger partial charge in [0.25, 0.3) is 5.56 Å². The lowest BCUT2D eigenvalue weighted by Crippen LogP contribution is -2.24. The SMILES string of the molecule is O=c1c2ccccc2nnn1Cc1ccc2nonc2c1. The van der Waals surface area contributed by atoms with Crippen LogP contribution in [0.15, 0.2) is 51.9 Å². The van der Waals surface area contributed by atoms with Gasteiger partial charge in [-0.3, -0.25) is 4.79 Å². The highest BCUT2D eigenvalue weighted by molar-refractivity contribution is 5.76. The zero-order valence-corrected chi connectivity index (χ0v) is 10.8. The summed E-state index contributed by atoms with van der Waals surface area (Å²) in [5.41, 5.74) is 2.63. The molecule has 0 aliphatic heterocycles. The summed E-state index contributed by atoms with van der Waals surface area (Å²) in [6.07, 6.45) is 0. The molecule has 0 radical (unpaired) electrons. The van der Waals surface area contributed by atoms with Crippen molar-refractivity contribution in [3.8, 4) is 0 Å². The van der Waals surface area contributed by atoms with Crippen LogP contribution >= 0.6 is 0 Å². The molecule has 0 amide bonds. The second kappa shape index (κ2) is 4.48. The van der Waals surface area contributed by atoms with Crippen LogP contribution in [0.3, 0.4) is 0 Å². The average molecular weight is 279 g/mol. The Labute approximate surface area is 117 Å². The molecule has 0 aliphatic rings. The van der Waals surface area contributed by atoms with Gasteiger partial charge < -0.3 is 0 Å². The maximum absolute atomic E-state index is 12.4. The molecule has 0 saturated heterocycles. The Morgan fingerprint density at radius 3 is 2.81 bits per heavy atom. The number of fused-ring (bicyclic) bond motifs is 2. The average Bonchev–Trinajstić information content (AvgIpc) is 2.98. The lowest BCUT2D eigenvalue weighted by molar-refractivity contribution is 0.315. The predicted octanol–water partition coefficient (Wildman–Crippen LogP) is 1.38. The van der Waals surface area contributed by atoms with Crippen molar-refractivity contribution in [2.24, 2.45) is 0 Å². The molecule has 7 nitrogen and oxygen atoms in total. The monoisotopic (exact) mass is 279 g/mol. The minimum absolute atomic E-state index is 0.168. The molecule has 0 unspecified atom stereocenters. The van der Waals surface area contributed by atoms with E-state index in [2.05, 4.69) is 25.3 Å². The van der Waals surface area contributed by atoms with E-state index in [0.717, 1.165) is 5.56 Å². The van der Waals surface area contributed by atoms with Crippen LogP contribution in [0.25, 0.3) is 21.9 Å². The number of hydrogen-bond acceptors (Lipinski definition) is 6. The van der Waals surface area contributed by atoms with Crippen molar-refractivity contribution in [3.63, 3.8) is 0 Å². The molecule has 4 aromatic rings. The van der Waals surface area contributed by atoms with Gasteiger partial charge in [0.05, 0.1) is 11.9 Å². The summed E-state index contributed by atoms with van der Waals surface area (Å²) in [6, 6.07) is 12.6. The molecule has 102 valence electrons. The predicted molar refractivity (Wildman–Crippen MR) is 74.7 cm³/mol. The Balaban J connectivity index is 1.79. The maximum atomic E-state index is 12.4. The van der Waals surface area contributed by atoms with E-state index in [1.54, 1.807) is 18.2 Å². The first kappa shape index (κ1) is 11.7. The summed E-state index contributed by atoms with van der Waals surface area (Å²) in [5, 5.41) is 16.1. The third kappa shape index (κ3) is 1.95. The largest absolute Gasteiger partial charge is 0.277 e. The third-order valence-corrected chi connectivity index (χ3v) is 3.28. The van der Waals surface area contributed by atoms with Crippen LogP contribution in [0.5, 0.6) is 0 Å². The van der Waals surface area contributed by atoms with Crippen molar-refractivity contribution < 1.29 is 4.63 Å². The lowest BCUT2D eigenvalue weighted by Gasteiger charge is -2.04. The molecule has 21 heavy (non-hydrogen) atoms. The molecule has 0 spiro atoms. The first-order valence-electron chi connectivity index (χ1n) is 6.35. The first-order valence-corrected chi connectivity index (χ1v) is 6.35. The minimum Gasteiger partial charge on any atom is -0.267 e. The van der Waals surface area contributed by atoms with E-state index in [4.69, 9.17) is 0 Å². The van der Waals surface area contributed by atoms with Crippen LogP contribution in [-0.2, 0) is 6.54 Å². The Morgan fingerprint density at radius 1 is 1.00 bits per heavy atom. The fourth-order valence-corrected chi connectivity index (χ4v) is 2.23. The van der Waals surface area contributed by atoms with Crippen molar-refractivity contribution in [1.29, 1.82) is 0 Å². The summed E-state index contributed by atoms with van der Waals surface area (Å²) >= 11 is 0. The van der Waals surface area contributed by atoms with Crippen molar-refractivity contribution in [1.82, 2.24) is 25.3 Å². The molecule has 7 heteroatoms. The Morgan fingerprint density at radius 2 is 1.86 bits per heavy atom. The van der Waals surface area contributed by atoms with E-state index in [-0.39, 0.29) is 5.56 Å². The third-order valence-electron chi connectivity index (χ3n) is 3.28. The van der Waals surface area contributed by atoms with Gasteiger partial charge in [0, 0.05) is 0 Å². The van der Waals surface area contributed by atoms with Gasteiger partial charge in [-0.05, 0) is 40.1 Å². The van der Waals surface area contributed by atoms with Crippen LogP contribution in [0.4, 0.5) is 0 Å². The number of benzene rings is 2. The second-order valence-corrected chi connectivity index (χ2v) is 4.66. The fraction of sp³-hybridized carbons (Fsp3) is 0.0714. The number of rotatable bonds is 2. The van der Waals surface area contributed by atoms with Gasteiger partial charge in [-0.1, -0.05) is 23.4 Å². The topological polar surface area (TPSA) is 86.7 Å². The van der Waals surface area contributed by atoms with Crippen LogP contribution in [0, 0.1) is 0 Å².